The van der Waals surface area contributed by atoms with Gasteiger partial charge in [0.15, 0.2) is 5.58 Å². The van der Waals surface area contributed by atoms with Gasteiger partial charge in [0.25, 0.3) is 0 Å². The van der Waals surface area contributed by atoms with E-state index in [2.05, 4.69) is 4.98 Å². The molecule has 0 saturated carbocycles. The van der Waals surface area contributed by atoms with Crippen LogP contribution >= 0.6 is 0 Å². The van der Waals surface area contributed by atoms with Crippen LogP contribution in [0.4, 0.5) is 0 Å². The van der Waals surface area contributed by atoms with E-state index < -0.39 is 24.6 Å². The molecule has 1 fully saturated rings. The van der Waals surface area contributed by atoms with Gasteiger partial charge in [-0.2, -0.15) is 0 Å². The molecule has 27 heavy (non-hydrogen) atoms. The van der Waals surface area contributed by atoms with Gasteiger partial charge in [-0.05, 0) is 36.4 Å². The van der Waals surface area contributed by atoms with Crippen LogP contribution in [-0.4, -0.2) is 58.6 Å². The number of nitrogens with zero attached hydrogens (tertiary/aromatic N) is 1. The lowest BCUT2D eigenvalue weighted by molar-refractivity contribution is -0.242. The van der Waals surface area contributed by atoms with Crippen LogP contribution in [0.15, 0.2) is 46.9 Å². The lowest BCUT2D eigenvalue weighted by atomic mass is 10.1. The molecule has 4 rings (SSSR count). The van der Waals surface area contributed by atoms with E-state index in [0.29, 0.717) is 28.5 Å². The van der Waals surface area contributed by atoms with E-state index in [1.807, 2.05) is 0 Å². The Hall–Kier alpha value is -2.65. The summed E-state index contributed by atoms with van der Waals surface area (Å²) in [6.07, 6.45) is -4.87. The maximum absolute atomic E-state index is 9.93. The van der Waals surface area contributed by atoms with Crippen molar-refractivity contribution in [3.63, 3.8) is 0 Å². The molecule has 0 spiro atoms. The second-order valence-corrected chi connectivity index (χ2v) is 6.25. The largest absolute Gasteiger partial charge is 0.497 e. The van der Waals surface area contributed by atoms with Gasteiger partial charge in [-0.25, -0.2) is 4.98 Å². The summed E-state index contributed by atoms with van der Waals surface area (Å²) in [5, 5.41) is 29.1. The van der Waals surface area contributed by atoms with Gasteiger partial charge in [0.1, 0.15) is 35.3 Å². The average molecular weight is 373 g/mol. The molecule has 3 aromatic rings. The molecule has 0 bridgehead atoms. The van der Waals surface area contributed by atoms with Gasteiger partial charge in [-0.1, -0.05) is 0 Å². The fourth-order valence-corrected chi connectivity index (χ4v) is 2.85. The fraction of sp³-hybridized carbons (Fsp3) is 0.316. The highest BCUT2D eigenvalue weighted by Crippen LogP contribution is 2.29. The van der Waals surface area contributed by atoms with E-state index in [1.54, 1.807) is 49.6 Å². The Bertz CT molecular complexity index is 923. The van der Waals surface area contributed by atoms with Crippen molar-refractivity contribution in [3.05, 3.63) is 42.5 Å². The van der Waals surface area contributed by atoms with Crippen molar-refractivity contribution in [2.75, 3.05) is 13.7 Å². The van der Waals surface area contributed by atoms with Crippen molar-refractivity contribution >= 4 is 11.1 Å². The smallest absolute Gasteiger partial charge is 0.228 e. The van der Waals surface area contributed by atoms with Gasteiger partial charge in [0, 0.05) is 11.6 Å². The first kappa shape index (κ1) is 17.7. The molecule has 2 heterocycles. The van der Waals surface area contributed by atoms with Crippen LogP contribution in [0.3, 0.4) is 0 Å². The predicted octanol–water partition coefficient (Wildman–Crippen LogP) is 1.32. The minimum Gasteiger partial charge on any atom is -0.497 e. The normalized spacial score (nSPS) is 25.5. The number of hydrogen-bond acceptors (Lipinski definition) is 8. The predicted molar refractivity (Wildman–Crippen MR) is 94.4 cm³/mol. The first-order chi connectivity index (χ1) is 13.0. The summed E-state index contributed by atoms with van der Waals surface area (Å²) in [4.78, 5) is 4.45. The number of ether oxygens (including phenoxy) is 3. The van der Waals surface area contributed by atoms with Crippen LogP contribution in [0.1, 0.15) is 0 Å². The summed E-state index contributed by atoms with van der Waals surface area (Å²) < 4.78 is 21.7. The van der Waals surface area contributed by atoms with Gasteiger partial charge in [-0.15, -0.1) is 0 Å². The van der Waals surface area contributed by atoms with Gasteiger partial charge in [0.05, 0.1) is 13.7 Å². The molecular formula is C19H19NO7. The molecule has 0 radical (unpaired) electrons. The number of hydrogen-bond donors (Lipinski definition) is 3. The molecule has 1 aliphatic heterocycles. The number of benzene rings is 2. The van der Waals surface area contributed by atoms with Crippen LogP contribution < -0.4 is 9.47 Å². The topological polar surface area (TPSA) is 114 Å². The zero-order valence-electron chi connectivity index (χ0n) is 14.5. The van der Waals surface area contributed by atoms with E-state index >= 15 is 0 Å². The monoisotopic (exact) mass is 373 g/mol. The number of fused-ring (bicyclic) bond motifs is 1. The number of aromatic nitrogens is 1. The molecule has 1 saturated heterocycles. The first-order valence-corrected chi connectivity index (χ1v) is 8.42. The molecule has 3 N–H and O–H groups in total. The molecule has 0 aliphatic carbocycles. The molecule has 2 aromatic carbocycles. The number of methoxy groups -OCH3 is 1. The molecule has 0 amide bonds. The lowest BCUT2D eigenvalue weighted by Gasteiger charge is -2.34. The SMILES string of the molecule is COc1ccc2oc(-c3ccc(O[C@H]4OC[C@@H](O)[C@H](O)[C@H]4O)cc3)nc2c1. The van der Waals surface area contributed by atoms with E-state index in [0.717, 1.165) is 5.56 Å². The number of rotatable bonds is 4. The summed E-state index contributed by atoms with van der Waals surface area (Å²) >= 11 is 0. The minimum atomic E-state index is -1.35. The lowest BCUT2D eigenvalue weighted by Crippen LogP contribution is -2.54. The van der Waals surface area contributed by atoms with Crippen LogP contribution in [-0.2, 0) is 4.74 Å². The Morgan fingerprint density at radius 2 is 1.74 bits per heavy atom. The van der Waals surface area contributed by atoms with Crippen molar-refractivity contribution in [1.82, 2.24) is 4.98 Å². The second-order valence-electron chi connectivity index (χ2n) is 6.25. The Morgan fingerprint density at radius 1 is 1.00 bits per heavy atom. The van der Waals surface area contributed by atoms with E-state index in [1.165, 1.54) is 0 Å². The first-order valence-electron chi connectivity index (χ1n) is 8.42. The van der Waals surface area contributed by atoms with Crippen molar-refractivity contribution in [2.24, 2.45) is 0 Å². The van der Waals surface area contributed by atoms with Gasteiger partial charge < -0.3 is 33.9 Å². The summed E-state index contributed by atoms with van der Waals surface area (Å²) in [5.74, 6) is 1.59. The molecule has 4 atom stereocenters. The van der Waals surface area contributed by atoms with E-state index in [4.69, 9.17) is 18.6 Å². The third kappa shape index (κ3) is 3.47. The van der Waals surface area contributed by atoms with Gasteiger partial charge in [-0.3, -0.25) is 0 Å². The van der Waals surface area contributed by atoms with E-state index in [9.17, 15) is 15.3 Å². The van der Waals surface area contributed by atoms with Crippen LogP contribution in [0.5, 0.6) is 11.5 Å². The summed E-state index contributed by atoms with van der Waals surface area (Å²) in [6, 6.07) is 12.3. The maximum Gasteiger partial charge on any atom is 0.228 e. The van der Waals surface area contributed by atoms with Crippen LogP contribution in [0, 0.1) is 0 Å². The summed E-state index contributed by atoms with van der Waals surface area (Å²) in [6.45, 7) is -0.118. The molecule has 1 aliphatic rings. The van der Waals surface area contributed by atoms with Crippen molar-refractivity contribution in [3.8, 4) is 23.0 Å². The standard InChI is InChI=1S/C19H19NO7/c1-24-12-6-7-15-13(8-12)20-18(27-15)10-2-4-11(5-3-10)26-19-17(23)16(22)14(21)9-25-19/h2-8,14,16-17,19,21-23H,9H2,1H3/t14-,16+,17-,19-/m1/s1. The third-order valence-corrected chi connectivity index (χ3v) is 4.40. The highest BCUT2D eigenvalue weighted by molar-refractivity contribution is 5.77. The van der Waals surface area contributed by atoms with Gasteiger partial charge >= 0.3 is 0 Å². The Kier molecular flexibility index (Phi) is 4.71. The quantitative estimate of drug-likeness (QED) is 0.627. The molecule has 142 valence electrons. The Labute approximate surface area is 154 Å². The minimum absolute atomic E-state index is 0.118. The third-order valence-electron chi connectivity index (χ3n) is 4.40. The summed E-state index contributed by atoms with van der Waals surface area (Å²) in [5.41, 5.74) is 2.09. The summed E-state index contributed by atoms with van der Waals surface area (Å²) in [7, 11) is 1.59. The van der Waals surface area contributed by atoms with Crippen molar-refractivity contribution in [1.29, 1.82) is 0 Å². The fourth-order valence-electron chi connectivity index (χ4n) is 2.85. The number of aliphatic hydroxyl groups is 3. The Balaban J connectivity index is 1.50. The van der Waals surface area contributed by atoms with Gasteiger partial charge in [0.2, 0.25) is 12.2 Å². The number of oxazole rings is 1. The number of aliphatic hydroxyl groups excluding tert-OH is 3. The highest BCUT2D eigenvalue weighted by atomic mass is 16.7. The van der Waals surface area contributed by atoms with Crippen molar-refractivity contribution in [2.45, 2.75) is 24.6 Å². The Morgan fingerprint density at radius 3 is 2.48 bits per heavy atom. The van der Waals surface area contributed by atoms with Crippen LogP contribution in [0.2, 0.25) is 0 Å². The zero-order valence-corrected chi connectivity index (χ0v) is 14.5. The van der Waals surface area contributed by atoms with Crippen LogP contribution in [0.25, 0.3) is 22.6 Å². The second kappa shape index (κ2) is 7.16. The molecule has 8 nitrogen and oxygen atoms in total. The maximum atomic E-state index is 9.93. The van der Waals surface area contributed by atoms with Crippen molar-refractivity contribution < 1.29 is 33.9 Å². The molecule has 8 heteroatoms. The van der Waals surface area contributed by atoms with E-state index in [-0.39, 0.29) is 6.61 Å². The highest BCUT2D eigenvalue weighted by Gasteiger charge is 2.38. The molecular weight excluding hydrogens is 354 g/mol. The molecule has 1 aromatic heterocycles. The molecule has 0 unspecified atom stereocenters. The zero-order chi connectivity index (χ0) is 19.0. The average Bonchev–Trinajstić information content (AvgIpc) is 3.12.